The van der Waals surface area contributed by atoms with Gasteiger partial charge in [0.2, 0.25) is 0 Å². The molecule has 0 bridgehead atoms. The summed E-state index contributed by atoms with van der Waals surface area (Å²) in [6.07, 6.45) is 3.29. The molecule has 1 aliphatic heterocycles. The maximum Gasteiger partial charge on any atom is 0.260 e. The van der Waals surface area contributed by atoms with E-state index in [0.29, 0.717) is 32.2 Å². The maximum absolute atomic E-state index is 12.5. The number of nitrogens with one attached hydrogen (secondary N) is 1. The molecule has 0 aliphatic carbocycles. The van der Waals surface area contributed by atoms with Gasteiger partial charge in [0.15, 0.2) is 5.03 Å². The molecule has 1 aromatic heterocycles. The third-order valence-electron chi connectivity index (χ3n) is 3.76. The number of ether oxygens (including phenoxy) is 1. The second-order valence-electron chi connectivity index (χ2n) is 5.34. The zero-order chi connectivity index (χ0) is 15.3. The molecule has 0 radical (unpaired) electrons. The molecule has 7 heteroatoms. The van der Waals surface area contributed by atoms with Crippen LogP contribution in [-0.2, 0) is 21.3 Å². The minimum Gasteiger partial charge on any atom is -0.384 e. The van der Waals surface area contributed by atoms with E-state index in [0.717, 1.165) is 18.4 Å². The number of aromatic nitrogens is 1. The summed E-state index contributed by atoms with van der Waals surface area (Å²) in [5.74, 6) is 0.451. The first-order valence-electron chi connectivity index (χ1n) is 7.16. The van der Waals surface area contributed by atoms with Gasteiger partial charge >= 0.3 is 0 Å². The highest BCUT2D eigenvalue weighted by atomic mass is 32.2. The molecule has 0 spiro atoms. The predicted octanol–water partition coefficient (Wildman–Crippen LogP) is 0.848. The molecule has 1 fully saturated rings. The van der Waals surface area contributed by atoms with E-state index in [1.165, 1.54) is 4.31 Å². The van der Waals surface area contributed by atoms with E-state index in [1.54, 1.807) is 25.4 Å². The van der Waals surface area contributed by atoms with Crippen molar-refractivity contribution < 1.29 is 13.2 Å². The minimum absolute atomic E-state index is 0.132. The molecule has 1 aliphatic rings. The molecule has 0 amide bonds. The van der Waals surface area contributed by atoms with Gasteiger partial charge in [0.1, 0.15) is 0 Å². The molecule has 118 valence electrons. The second-order valence-corrected chi connectivity index (χ2v) is 7.22. The number of hydrogen-bond donors (Lipinski definition) is 1. The fourth-order valence-corrected chi connectivity index (χ4v) is 3.94. The Bertz CT molecular complexity index is 537. The molecule has 1 saturated heterocycles. The van der Waals surface area contributed by atoms with Crippen LogP contribution in [0.3, 0.4) is 0 Å². The molecular formula is C14H23N3O3S. The first-order valence-corrected chi connectivity index (χ1v) is 8.60. The van der Waals surface area contributed by atoms with E-state index in [4.69, 9.17) is 4.74 Å². The zero-order valence-electron chi connectivity index (χ0n) is 12.6. The van der Waals surface area contributed by atoms with Crippen LogP contribution in [0.25, 0.3) is 0 Å². The smallest absolute Gasteiger partial charge is 0.260 e. The fraction of sp³-hybridized carbons (Fsp3) is 0.643. The molecule has 0 unspecified atom stereocenters. The third kappa shape index (κ3) is 4.00. The number of methoxy groups -OCH3 is 1. The van der Waals surface area contributed by atoms with E-state index < -0.39 is 10.0 Å². The van der Waals surface area contributed by atoms with Gasteiger partial charge in [-0.15, -0.1) is 0 Å². The van der Waals surface area contributed by atoms with Crippen LogP contribution in [0.4, 0.5) is 0 Å². The Morgan fingerprint density at radius 1 is 1.38 bits per heavy atom. The summed E-state index contributed by atoms with van der Waals surface area (Å²) in [7, 11) is 0.0513. The van der Waals surface area contributed by atoms with Crippen molar-refractivity contribution in [2.75, 3.05) is 33.9 Å². The van der Waals surface area contributed by atoms with E-state index in [2.05, 4.69) is 10.3 Å². The summed E-state index contributed by atoms with van der Waals surface area (Å²) in [4.78, 5) is 4.11. The van der Waals surface area contributed by atoms with Gasteiger partial charge in [0, 0.05) is 39.5 Å². The predicted molar refractivity (Wildman–Crippen MR) is 80.4 cm³/mol. The molecule has 2 heterocycles. The highest BCUT2D eigenvalue weighted by Crippen LogP contribution is 2.23. The van der Waals surface area contributed by atoms with Crippen LogP contribution in [0.1, 0.15) is 18.4 Å². The van der Waals surface area contributed by atoms with Crippen LogP contribution >= 0.6 is 0 Å². The van der Waals surface area contributed by atoms with Gasteiger partial charge in [-0.2, -0.15) is 4.31 Å². The van der Waals surface area contributed by atoms with Crippen LogP contribution < -0.4 is 5.32 Å². The largest absolute Gasteiger partial charge is 0.384 e. The Morgan fingerprint density at radius 3 is 2.62 bits per heavy atom. The number of nitrogens with zero attached hydrogens (tertiary/aromatic N) is 2. The molecule has 1 aromatic rings. The highest BCUT2D eigenvalue weighted by Gasteiger charge is 2.30. The topological polar surface area (TPSA) is 71.5 Å². The SMILES string of the molecule is CNCc1ccc(S(=O)(=O)N2CCC(COC)CC2)nc1. The first-order chi connectivity index (χ1) is 10.1. The lowest BCUT2D eigenvalue weighted by Gasteiger charge is -2.30. The van der Waals surface area contributed by atoms with Crippen molar-refractivity contribution in [2.24, 2.45) is 5.92 Å². The molecular weight excluding hydrogens is 290 g/mol. The van der Waals surface area contributed by atoms with Gasteiger partial charge in [-0.1, -0.05) is 6.07 Å². The molecule has 0 atom stereocenters. The van der Waals surface area contributed by atoms with Crippen molar-refractivity contribution in [3.8, 4) is 0 Å². The number of hydrogen-bond acceptors (Lipinski definition) is 5. The lowest BCUT2D eigenvalue weighted by Crippen LogP contribution is -2.39. The van der Waals surface area contributed by atoms with Crippen LogP contribution in [0, 0.1) is 5.92 Å². The lowest BCUT2D eigenvalue weighted by atomic mass is 9.99. The normalized spacial score (nSPS) is 18.0. The standard InChI is InChI=1S/C14H23N3O3S/c1-15-9-13-3-4-14(16-10-13)21(18,19)17-7-5-12(6-8-17)11-20-2/h3-4,10,12,15H,5-9,11H2,1-2H3. The number of sulfonamides is 1. The monoisotopic (exact) mass is 313 g/mol. The van der Waals surface area contributed by atoms with Gasteiger partial charge in [0.05, 0.1) is 0 Å². The molecule has 0 aromatic carbocycles. The molecule has 1 N–H and O–H groups in total. The van der Waals surface area contributed by atoms with E-state index >= 15 is 0 Å². The Kier molecular flexibility index (Phi) is 5.69. The average Bonchev–Trinajstić information content (AvgIpc) is 2.49. The summed E-state index contributed by atoms with van der Waals surface area (Å²) >= 11 is 0. The molecule has 6 nitrogen and oxygen atoms in total. The fourth-order valence-electron chi connectivity index (χ4n) is 2.56. The van der Waals surface area contributed by atoms with E-state index in [9.17, 15) is 8.42 Å². The lowest BCUT2D eigenvalue weighted by molar-refractivity contribution is 0.121. The average molecular weight is 313 g/mol. The van der Waals surface area contributed by atoms with Gasteiger partial charge in [0.25, 0.3) is 10.0 Å². The van der Waals surface area contributed by atoms with Crippen LogP contribution in [0.2, 0.25) is 0 Å². The van der Waals surface area contributed by atoms with Crippen molar-refractivity contribution >= 4 is 10.0 Å². The molecule has 0 saturated carbocycles. The van der Waals surface area contributed by atoms with Gasteiger partial charge in [-0.3, -0.25) is 0 Å². The van der Waals surface area contributed by atoms with Crippen LogP contribution in [0.15, 0.2) is 23.4 Å². The maximum atomic E-state index is 12.5. The summed E-state index contributed by atoms with van der Waals surface area (Å²) in [6.45, 7) is 2.45. The van der Waals surface area contributed by atoms with E-state index in [-0.39, 0.29) is 5.03 Å². The minimum atomic E-state index is -3.47. The van der Waals surface area contributed by atoms with Gasteiger partial charge < -0.3 is 10.1 Å². The van der Waals surface area contributed by atoms with Crippen LogP contribution in [0.5, 0.6) is 0 Å². The van der Waals surface area contributed by atoms with Crippen molar-refractivity contribution in [2.45, 2.75) is 24.4 Å². The summed E-state index contributed by atoms with van der Waals surface area (Å²) < 4.78 is 31.7. The summed E-state index contributed by atoms with van der Waals surface area (Å²) in [5.41, 5.74) is 0.968. The number of piperidine rings is 1. The Hall–Kier alpha value is -1.02. The Balaban J connectivity index is 2.04. The van der Waals surface area contributed by atoms with Gasteiger partial charge in [-0.25, -0.2) is 13.4 Å². The van der Waals surface area contributed by atoms with Crippen molar-refractivity contribution in [1.82, 2.24) is 14.6 Å². The Labute approximate surface area is 126 Å². The quantitative estimate of drug-likeness (QED) is 0.843. The summed E-state index contributed by atoms with van der Waals surface area (Å²) in [5, 5.41) is 3.14. The van der Waals surface area contributed by atoms with Crippen molar-refractivity contribution in [3.05, 3.63) is 23.9 Å². The Morgan fingerprint density at radius 2 is 2.10 bits per heavy atom. The number of rotatable bonds is 6. The summed E-state index contributed by atoms with van der Waals surface area (Å²) in [6, 6.07) is 3.39. The van der Waals surface area contributed by atoms with Crippen LogP contribution in [-0.4, -0.2) is 51.6 Å². The first kappa shape index (κ1) is 16.4. The van der Waals surface area contributed by atoms with E-state index in [1.807, 2.05) is 7.05 Å². The zero-order valence-corrected chi connectivity index (χ0v) is 13.4. The molecule has 2 rings (SSSR count). The highest BCUT2D eigenvalue weighted by molar-refractivity contribution is 7.89. The second kappa shape index (κ2) is 7.31. The number of pyridine rings is 1. The van der Waals surface area contributed by atoms with Crippen molar-refractivity contribution in [1.29, 1.82) is 0 Å². The molecule has 21 heavy (non-hydrogen) atoms. The third-order valence-corrected chi connectivity index (χ3v) is 5.57. The van der Waals surface area contributed by atoms with Gasteiger partial charge in [-0.05, 0) is 37.4 Å². The van der Waals surface area contributed by atoms with Crippen molar-refractivity contribution in [3.63, 3.8) is 0 Å².